The summed E-state index contributed by atoms with van der Waals surface area (Å²) < 4.78 is 2.45. The molecule has 0 radical (unpaired) electrons. The molecule has 0 fully saturated rings. The van der Waals surface area contributed by atoms with Crippen LogP contribution < -0.4 is 0 Å². The molecule has 0 bridgehead atoms. The van der Waals surface area contributed by atoms with Crippen molar-refractivity contribution in [1.82, 2.24) is 4.57 Å². The van der Waals surface area contributed by atoms with Crippen molar-refractivity contribution in [2.75, 3.05) is 0 Å². The molecule has 1 nitrogen and oxygen atoms in total. The first-order valence-electron chi connectivity index (χ1n) is 15.4. The Kier molecular flexibility index (Phi) is 4.80. The highest BCUT2D eigenvalue weighted by Gasteiger charge is 2.37. The fourth-order valence-electron chi connectivity index (χ4n) is 8.13. The van der Waals surface area contributed by atoms with Crippen LogP contribution in [0.4, 0.5) is 0 Å². The van der Waals surface area contributed by atoms with E-state index in [1.54, 1.807) is 0 Å². The lowest BCUT2D eigenvalue weighted by atomic mass is 9.81. The average Bonchev–Trinajstić information content (AvgIpc) is 3.57. The third kappa shape index (κ3) is 3.23. The fourth-order valence-corrected chi connectivity index (χ4v) is 8.13. The molecule has 0 unspecified atom stereocenters. The predicted molar refractivity (Wildman–Crippen MR) is 181 cm³/mol. The lowest BCUT2D eigenvalue weighted by Gasteiger charge is -2.22. The lowest BCUT2D eigenvalue weighted by molar-refractivity contribution is 0.660. The van der Waals surface area contributed by atoms with Gasteiger partial charge in [0, 0.05) is 27.3 Å². The Morgan fingerprint density at radius 2 is 0.953 bits per heavy atom. The summed E-state index contributed by atoms with van der Waals surface area (Å²) in [6.45, 7) is 9.43. The molecule has 43 heavy (non-hydrogen) atoms. The molecule has 206 valence electrons. The van der Waals surface area contributed by atoms with Gasteiger partial charge in [0.2, 0.25) is 0 Å². The van der Waals surface area contributed by atoms with E-state index in [1.807, 2.05) is 0 Å². The van der Waals surface area contributed by atoms with Gasteiger partial charge >= 0.3 is 0 Å². The highest BCUT2D eigenvalue weighted by atomic mass is 15.0. The van der Waals surface area contributed by atoms with Gasteiger partial charge in [0.15, 0.2) is 0 Å². The number of fused-ring (bicyclic) bond motifs is 9. The Hall–Kier alpha value is -4.88. The van der Waals surface area contributed by atoms with Crippen molar-refractivity contribution in [3.63, 3.8) is 0 Å². The van der Waals surface area contributed by atoms with E-state index in [1.165, 1.54) is 83.1 Å². The molecule has 7 aromatic rings. The van der Waals surface area contributed by atoms with Gasteiger partial charge < -0.3 is 4.57 Å². The minimum absolute atomic E-state index is 0.00144. The first-order valence-corrected chi connectivity index (χ1v) is 15.4. The van der Waals surface area contributed by atoms with E-state index in [4.69, 9.17) is 0 Å². The van der Waals surface area contributed by atoms with E-state index >= 15 is 0 Å². The summed E-state index contributed by atoms with van der Waals surface area (Å²) in [4.78, 5) is 0. The molecule has 0 saturated carbocycles. The van der Waals surface area contributed by atoms with E-state index in [-0.39, 0.29) is 10.8 Å². The molecular formula is C42H33N. The van der Waals surface area contributed by atoms with Crippen LogP contribution in [0.15, 0.2) is 127 Å². The molecule has 6 aromatic carbocycles. The van der Waals surface area contributed by atoms with Crippen LogP contribution in [0.25, 0.3) is 60.9 Å². The molecule has 1 heteroatoms. The van der Waals surface area contributed by atoms with Crippen molar-refractivity contribution in [3.8, 4) is 39.1 Å². The first kappa shape index (κ1) is 24.7. The number of rotatable bonds is 2. The second kappa shape index (κ2) is 8.36. The summed E-state index contributed by atoms with van der Waals surface area (Å²) >= 11 is 0. The van der Waals surface area contributed by atoms with Crippen LogP contribution >= 0.6 is 0 Å². The standard InChI is InChI=1S/C42H33N/c1-41(2)35-14-8-5-11-29(35)31-22-19-27(23-37(31)41)26-17-20-28(21-18-26)43-39-16-10-7-13-32(39)34-24-33-30-12-6-9-15-36(30)42(3,4)38(33)25-40(34)43/h5-25H,1-4H3. The van der Waals surface area contributed by atoms with Crippen LogP contribution in [-0.4, -0.2) is 4.57 Å². The van der Waals surface area contributed by atoms with Gasteiger partial charge in [-0.05, 0) is 92.0 Å². The fraction of sp³-hybridized carbons (Fsp3) is 0.143. The van der Waals surface area contributed by atoms with Gasteiger partial charge in [-0.1, -0.05) is 119 Å². The van der Waals surface area contributed by atoms with Crippen LogP contribution in [0.3, 0.4) is 0 Å². The highest BCUT2D eigenvalue weighted by Crippen LogP contribution is 2.51. The topological polar surface area (TPSA) is 4.93 Å². The normalized spacial score (nSPS) is 15.3. The molecule has 0 N–H and O–H groups in total. The molecule has 1 aromatic heterocycles. The zero-order valence-electron chi connectivity index (χ0n) is 25.1. The quantitative estimate of drug-likeness (QED) is 0.201. The molecular weight excluding hydrogens is 518 g/mol. The molecule has 2 aliphatic rings. The Bertz CT molecular complexity index is 2270. The van der Waals surface area contributed by atoms with E-state index in [2.05, 4.69) is 160 Å². The molecule has 0 spiro atoms. The van der Waals surface area contributed by atoms with Gasteiger partial charge in [-0.3, -0.25) is 0 Å². The molecule has 0 amide bonds. The average molecular weight is 552 g/mol. The van der Waals surface area contributed by atoms with Crippen molar-refractivity contribution >= 4 is 21.8 Å². The van der Waals surface area contributed by atoms with Crippen molar-refractivity contribution in [2.45, 2.75) is 38.5 Å². The minimum Gasteiger partial charge on any atom is -0.309 e. The number of hydrogen-bond acceptors (Lipinski definition) is 0. The summed E-state index contributed by atoms with van der Waals surface area (Å²) in [6.07, 6.45) is 0. The van der Waals surface area contributed by atoms with Crippen LogP contribution in [0.5, 0.6) is 0 Å². The van der Waals surface area contributed by atoms with E-state index < -0.39 is 0 Å². The van der Waals surface area contributed by atoms with Gasteiger partial charge in [-0.15, -0.1) is 0 Å². The van der Waals surface area contributed by atoms with E-state index in [9.17, 15) is 0 Å². The van der Waals surface area contributed by atoms with Crippen molar-refractivity contribution in [3.05, 3.63) is 150 Å². The third-order valence-electron chi connectivity index (χ3n) is 10.4. The van der Waals surface area contributed by atoms with Crippen LogP contribution in [0.1, 0.15) is 49.9 Å². The SMILES string of the molecule is CC1(C)c2ccccc2-c2ccc(-c3ccc(-n4c5ccccc5c5cc6c(cc54)C(C)(C)c4ccccc4-6)cc3)cc21. The molecule has 0 saturated heterocycles. The maximum absolute atomic E-state index is 2.46. The van der Waals surface area contributed by atoms with Gasteiger partial charge in [0.25, 0.3) is 0 Å². The molecule has 1 heterocycles. The zero-order valence-corrected chi connectivity index (χ0v) is 25.1. The summed E-state index contributed by atoms with van der Waals surface area (Å²) in [5.41, 5.74) is 17.3. The zero-order chi connectivity index (χ0) is 29.1. The molecule has 2 aliphatic carbocycles. The number of para-hydroxylation sites is 1. The summed E-state index contributed by atoms with van der Waals surface area (Å²) in [5.74, 6) is 0. The van der Waals surface area contributed by atoms with Gasteiger partial charge in [-0.25, -0.2) is 0 Å². The maximum Gasteiger partial charge on any atom is 0.0544 e. The summed E-state index contributed by atoms with van der Waals surface area (Å²) in [5, 5.41) is 2.61. The van der Waals surface area contributed by atoms with Gasteiger partial charge in [-0.2, -0.15) is 0 Å². The first-order chi connectivity index (χ1) is 20.8. The van der Waals surface area contributed by atoms with Crippen molar-refractivity contribution in [1.29, 1.82) is 0 Å². The molecule has 0 aliphatic heterocycles. The Balaban J connectivity index is 1.19. The third-order valence-corrected chi connectivity index (χ3v) is 10.4. The second-order valence-corrected chi connectivity index (χ2v) is 13.4. The smallest absolute Gasteiger partial charge is 0.0544 e. The summed E-state index contributed by atoms with van der Waals surface area (Å²) in [7, 11) is 0. The number of nitrogens with zero attached hydrogens (tertiary/aromatic N) is 1. The van der Waals surface area contributed by atoms with E-state index in [0.717, 1.165) is 0 Å². The Labute approximate surface area is 253 Å². The maximum atomic E-state index is 2.46. The lowest BCUT2D eigenvalue weighted by Crippen LogP contribution is -2.15. The molecule has 9 rings (SSSR count). The highest BCUT2D eigenvalue weighted by molar-refractivity contribution is 6.11. The number of aromatic nitrogens is 1. The Morgan fingerprint density at radius 3 is 1.67 bits per heavy atom. The van der Waals surface area contributed by atoms with E-state index in [0.29, 0.717) is 0 Å². The number of benzene rings is 6. The minimum atomic E-state index is -0.0355. The largest absolute Gasteiger partial charge is 0.309 e. The van der Waals surface area contributed by atoms with Gasteiger partial charge in [0.1, 0.15) is 0 Å². The Morgan fingerprint density at radius 1 is 0.395 bits per heavy atom. The second-order valence-electron chi connectivity index (χ2n) is 13.4. The van der Waals surface area contributed by atoms with Crippen LogP contribution in [0, 0.1) is 0 Å². The van der Waals surface area contributed by atoms with Crippen molar-refractivity contribution < 1.29 is 0 Å². The van der Waals surface area contributed by atoms with Crippen LogP contribution in [0.2, 0.25) is 0 Å². The molecule has 0 atom stereocenters. The van der Waals surface area contributed by atoms with Crippen molar-refractivity contribution in [2.24, 2.45) is 0 Å². The predicted octanol–water partition coefficient (Wildman–Crippen LogP) is 11.1. The van der Waals surface area contributed by atoms with Gasteiger partial charge in [0.05, 0.1) is 11.0 Å². The number of hydrogen-bond donors (Lipinski definition) is 0. The summed E-state index contributed by atoms with van der Waals surface area (Å²) in [6, 6.07) is 47.7. The van der Waals surface area contributed by atoms with Crippen LogP contribution in [-0.2, 0) is 10.8 Å². The monoisotopic (exact) mass is 551 g/mol.